The summed E-state index contributed by atoms with van der Waals surface area (Å²) >= 11 is 0. The SMILES string of the molecule is C#Cc1cccc(CC)c1.CC. The van der Waals surface area contributed by atoms with Gasteiger partial charge in [0.05, 0.1) is 0 Å². The van der Waals surface area contributed by atoms with Crippen LogP contribution in [0.2, 0.25) is 0 Å². The number of benzene rings is 1. The summed E-state index contributed by atoms with van der Waals surface area (Å²) in [5.74, 6) is 2.60. The van der Waals surface area contributed by atoms with Gasteiger partial charge in [-0.25, -0.2) is 0 Å². The van der Waals surface area contributed by atoms with Gasteiger partial charge in [0.1, 0.15) is 0 Å². The Bertz CT molecular complexity index is 253. The molecule has 0 unspecified atom stereocenters. The fourth-order valence-electron chi connectivity index (χ4n) is 0.881. The zero-order chi connectivity index (χ0) is 9.40. The molecule has 0 heteroatoms. The van der Waals surface area contributed by atoms with Crippen LogP contribution in [0.1, 0.15) is 31.9 Å². The van der Waals surface area contributed by atoms with Crippen molar-refractivity contribution in [2.24, 2.45) is 0 Å². The van der Waals surface area contributed by atoms with Crippen LogP contribution in [-0.4, -0.2) is 0 Å². The van der Waals surface area contributed by atoms with Gasteiger partial charge in [-0.2, -0.15) is 0 Å². The summed E-state index contributed by atoms with van der Waals surface area (Å²) in [5, 5.41) is 0. The van der Waals surface area contributed by atoms with Gasteiger partial charge in [-0.15, -0.1) is 6.42 Å². The van der Waals surface area contributed by atoms with E-state index < -0.39 is 0 Å². The van der Waals surface area contributed by atoms with E-state index in [0.29, 0.717) is 0 Å². The van der Waals surface area contributed by atoms with Crippen molar-refractivity contribution in [3.8, 4) is 12.3 Å². The summed E-state index contributed by atoms with van der Waals surface area (Å²) in [6.45, 7) is 6.12. The Balaban J connectivity index is 0.000000561. The van der Waals surface area contributed by atoms with Crippen LogP contribution in [0.15, 0.2) is 24.3 Å². The second-order valence-electron chi connectivity index (χ2n) is 2.20. The second kappa shape index (κ2) is 6.49. The Morgan fingerprint density at radius 2 is 2.00 bits per heavy atom. The summed E-state index contributed by atoms with van der Waals surface area (Å²) in [6, 6.07) is 8.06. The first-order chi connectivity index (χ1) is 5.86. The van der Waals surface area contributed by atoms with Gasteiger partial charge in [0.2, 0.25) is 0 Å². The lowest BCUT2D eigenvalue weighted by Gasteiger charge is -1.94. The Morgan fingerprint density at radius 1 is 1.33 bits per heavy atom. The predicted octanol–water partition coefficient (Wildman–Crippen LogP) is 3.26. The highest BCUT2D eigenvalue weighted by molar-refractivity contribution is 5.35. The topological polar surface area (TPSA) is 0 Å². The van der Waals surface area contributed by atoms with Crippen molar-refractivity contribution in [1.82, 2.24) is 0 Å². The first kappa shape index (κ1) is 10.8. The van der Waals surface area contributed by atoms with E-state index in [1.165, 1.54) is 5.56 Å². The van der Waals surface area contributed by atoms with Gasteiger partial charge in [0.25, 0.3) is 0 Å². The molecule has 64 valence electrons. The minimum Gasteiger partial charge on any atom is -0.115 e. The van der Waals surface area contributed by atoms with E-state index in [0.717, 1.165) is 12.0 Å². The van der Waals surface area contributed by atoms with Crippen LogP contribution in [0.25, 0.3) is 0 Å². The van der Waals surface area contributed by atoms with E-state index in [1.54, 1.807) is 0 Å². The molecule has 0 amide bonds. The van der Waals surface area contributed by atoms with E-state index in [4.69, 9.17) is 6.42 Å². The maximum Gasteiger partial charge on any atom is 0.0245 e. The molecule has 0 spiro atoms. The summed E-state index contributed by atoms with van der Waals surface area (Å²) in [4.78, 5) is 0. The quantitative estimate of drug-likeness (QED) is 0.553. The fourth-order valence-corrected chi connectivity index (χ4v) is 0.881. The molecule has 0 saturated carbocycles. The molecule has 0 bridgehead atoms. The van der Waals surface area contributed by atoms with Crippen molar-refractivity contribution in [2.75, 3.05) is 0 Å². The molecule has 0 radical (unpaired) electrons. The number of hydrogen-bond donors (Lipinski definition) is 0. The zero-order valence-electron chi connectivity index (χ0n) is 8.09. The maximum absolute atomic E-state index is 5.22. The van der Waals surface area contributed by atoms with Gasteiger partial charge in [0.15, 0.2) is 0 Å². The molecule has 1 aromatic carbocycles. The summed E-state index contributed by atoms with van der Waals surface area (Å²) in [5.41, 5.74) is 2.27. The molecule has 1 rings (SSSR count). The van der Waals surface area contributed by atoms with Crippen LogP contribution >= 0.6 is 0 Å². The van der Waals surface area contributed by atoms with Crippen LogP contribution in [0.3, 0.4) is 0 Å². The molecule has 12 heavy (non-hydrogen) atoms. The highest BCUT2D eigenvalue weighted by Crippen LogP contribution is 2.03. The van der Waals surface area contributed by atoms with Crippen molar-refractivity contribution in [2.45, 2.75) is 27.2 Å². The van der Waals surface area contributed by atoms with Gasteiger partial charge in [0, 0.05) is 5.56 Å². The Labute approximate surface area is 75.6 Å². The van der Waals surface area contributed by atoms with E-state index in [-0.39, 0.29) is 0 Å². The summed E-state index contributed by atoms with van der Waals surface area (Å²) in [6.07, 6.45) is 6.27. The Kier molecular flexibility index (Phi) is 5.83. The summed E-state index contributed by atoms with van der Waals surface area (Å²) in [7, 11) is 0. The van der Waals surface area contributed by atoms with Crippen molar-refractivity contribution in [3.05, 3.63) is 35.4 Å². The van der Waals surface area contributed by atoms with Crippen molar-refractivity contribution in [1.29, 1.82) is 0 Å². The van der Waals surface area contributed by atoms with Crippen molar-refractivity contribution in [3.63, 3.8) is 0 Å². The first-order valence-electron chi connectivity index (χ1n) is 4.42. The molecule has 0 aromatic heterocycles. The average molecular weight is 160 g/mol. The lowest BCUT2D eigenvalue weighted by molar-refractivity contribution is 1.14. The monoisotopic (exact) mass is 160 g/mol. The number of aryl methyl sites for hydroxylation is 1. The van der Waals surface area contributed by atoms with E-state index in [2.05, 4.69) is 18.9 Å². The minimum absolute atomic E-state index is 0.972. The fraction of sp³-hybridized carbons (Fsp3) is 0.333. The van der Waals surface area contributed by atoms with Gasteiger partial charge < -0.3 is 0 Å². The Hall–Kier alpha value is -1.22. The molecule has 0 heterocycles. The highest BCUT2D eigenvalue weighted by Gasteiger charge is 1.88. The van der Waals surface area contributed by atoms with E-state index in [9.17, 15) is 0 Å². The van der Waals surface area contributed by atoms with Gasteiger partial charge in [-0.1, -0.05) is 38.8 Å². The maximum atomic E-state index is 5.22. The lowest BCUT2D eigenvalue weighted by Crippen LogP contribution is -1.80. The zero-order valence-corrected chi connectivity index (χ0v) is 8.09. The van der Waals surface area contributed by atoms with Crippen molar-refractivity contribution >= 4 is 0 Å². The average Bonchev–Trinajstić information content (AvgIpc) is 2.21. The highest BCUT2D eigenvalue weighted by atomic mass is 13.9. The second-order valence-corrected chi connectivity index (χ2v) is 2.20. The normalized spacial score (nSPS) is 7.83. The molecular weight excluding hydrogens is 144 g/mol. The molecule has 0 aliphatic heterocycles. The smallest absolute Gasteiger partial charge is 0.0245 e. The molecule has 0 nitrogen and oxygen atoms in total. The first-order valence-corrected chi connectivity index (χ1v) is 4.42. The molecule has 0 saturated heterocycles. The van der Waals surface area contributed by atoms with Crippen molar-refractivity contribution < 1.29 is 0 Å². The van der Waals surface area contributed by atoms with Crippen LogP contribution in [0, 0.1) is 12.3 Å². The molecule has 0 aliphatic carbocycles. The van der Waals surface area contributed by atoms with Gasteiger partial charge in [-0.3, -0.25) is 0 Å². The molecule has 0 fully saturated rings. The number of terminal acetylenes is 1. The predicted molar refractivity (Wildman–Crippen MR) is 55.1 cm³/mol. The van der Waals surface area contributed by atoms with Gasteiger partial charge >= 0.3 is 0 Å². The molecule has 0 aliphatic rings. The standard InChI is InChI=1S/C10H10.C2H6/c1-3-9-6-5-7-10(4-2)8-9;1-2/h1,5-8H,4H2,2H3;1-2H3. The third-order valence-electron chi connectivity index (χ3n) is 1.50. The third-order valence-corrected chi connectivity index (χ3v) is 1.50. The van der Waals surface area contributed by atoms with Crippen LogP contribution in [-0.2, 0) is 6.42 Å². The number of hydrogen-bond acceptors (Lipinski definition) is 0. The lowest BCUT2D eigenvalue weighted by atomic mass is 10.1. The van der Waals surface area contributed by atoms with Crippen LogP contribution in [0.4, 0.5) is 0 Å². The van der Waals surface area contributed by atoms with Crippen LogP contribution in [0.5, 0.6) is 0 Å². The molecule has 1 aromatic rings. The molecular formula is C12H16. The molecule has 0 N–H and O–H groups in total. The van der Waals surface area contributed by atoms with Gasteiger partial charge in [-0.05, 0) is 24.1 Å². The third kappa shape index (κ3) is 3.25. The van der Waals surface area contributed by atoms with E-state index in [1.807, 2.05) is 32.0 Å². The molecule has 0 atom stereocenters. The summed E-state index contributed by atoms with van der Waals surface area (Å²) < 4.78 is 0. The van der Waals surface area contributed by atoms with E-state index >= 15 is 0 Å². The minimum atomic E-state index is 0.972. The number of rotatable bonds is 1. The Morgan fingerprint density at radius 3 is 2.50 bits per heavy atom. The largest absolute Gasteiger partial charge is 0.115 e. The van der Waals surface area contributed by atoms with Crippen LogP contribution < -0.4 is 0 Å².